The second-order valence-corrected chi connectivity index (χ2v) is 3.81. The molecule has 0 fully saturated rings. The zero-order valence-electron chi connectivity index (χ0n) is 10.5. The highest BCUT2D eigenvalue weighted by atomic mass is 16.5. The van der Waals surface area contributed by atoms with E-state index >= 15 is 0 Å². The summed E-state index contributed by atoms with van der Waals surface area (Å²) in [4.78, 5) is 0. The summed E-state index contributed by atoms with van der Waals surface area (Å²) in [5.74, 6) is 0.838. The Labute approximate surface area is 103 Å². The molecule has 0 heterocycles. The summed E-state index contributed by atoms with van der Waals surface area (Å²) < 4.78 is 15.7. The lowest BCUT2D eigenvalue weighted by molar-refractivity contribution is 0.0544. The lowest BCUT2D eigenvalue weighted by Crippen LogP contribution is -2.10. The number of hydrogen-bond acceptors (Lipinski definition) is 4. The van der Waals surface area contributed by atoms with Crippen LogP contribution in [0.3, 0.4) is 0 Å². The van der Waals surface area contributed by atoms with E-state index in [9.17, 15) is 0 Å². The van der Waals surface area contributed by atoms with Crippen molar-refractivity contribution < 1.29 is 14.2 Å². The highest BCUT2D eigenvalue weighted by Gasteiger charge is 1.99. The lowest BCUT2D eigenvalue weighted by Gasteiger charge is -2.09. The molecule has 0 aliphatic carbocycles. The van der Waals surface area contributed by atoms with Crippen LogP contribution in [0.15, 0.2) is 24.3 Å². The average molecular weight is 239 g/mol. The molecule has 0 bridgehead atoms. The summed E-state index contributed by atoms with van der Waals surface area (Å²) in [6.07, 6.45) is 0. The van der Waals surface area contributed by atoms with Gasteiger partial charge < -0.3 is 19.9 Å². The molecule has 1 aromatic rings. The summed E-state index contributed by atoms with van der Waals surface area (Å²) in [5.41, 5.74) is 6.86. The number of hydrogen-bond donors (Lipinski definition) is 1. The Morgan fingerprint density at radius 2 is 1.71 bits per heavy atom. The smallest absolute Gasteiger partial charge is 0.119 e. The molecule has 0 aliphatic heterocycles. The second-order valence-electron chi connectivity index (χ2n) is 3.81. The zero-order valence-corrected chi connectivity index (χ0v) is 10.5. The molecule has 0 aromatic heterocycles. The number of benzene rings is 1. The molecule has 4 heteroatoms. The van der Waals surface area contributed by atoms with Gasteiger partial charge in [0.25, 0.3) is 0 Å². The van der Waals surface area contributed by atoms with E-state index in [4.69, 9.17) is 19.9 Å². The van der Waals surface area contributed by atoms with E-state index in [1.807, 2.05) is 31.2 Å². The van der Waals surface area contributed by atoms with Crippen molar-refractivity contribution in [3.63, 3.8) is 0 Å². The molecule has 1 rings (SSSR count). The fourth-order valence-electron chi connectivity index (χ4n) is 1.33. The first-order chi connectivity index (χ1) is 8.24. The van der Waals surface area contributed by atoms with E-state index in [0.717, 1.165) is 11.3 Å². The van der Waals surface area contributed by atoms with Gasteiger partial charge in [-0.25, -0.2) is 0 Å². The van der Waals surface area contributed by atoms with Crippen LogP contribution in [0.25, 0.3) is 0 Å². The van der Waals surface area contributed by atoms with Crippen LogP contribution < -0.4 is 10.5 Å². The minimum Gasteiger partial charge on any atom is -0.491 e. The van der Waals surface area contributed by atoms with E-state index in [2.05, 4.69) is 0 Å². The normalized spacial score (nSPS) is 12.4. The molecule has 1 atom stereocenters. The SMILES string of the molecule is COCCOCCOc1ccc([C@@H](C)N)cc1. The van der Waals surface area contributed by atoms with Crippen LogP contribution in [-0.2, 0) is 9.47 Å². The van der Waals surface area contributed by atoms with Crippen molar-refractivity contribution in [2.45, 2.75) is 13.0 Å². The van der Waals surface area contributed by atoms with Crippen molar-refractivity contribution in [1.29, 1.82) is 0 Å². The molecular weight excluding hydrogens is 218 g/mol. The Hall–Kier alpha value is -1.10. The highest BCUT2D eigenvalue weighted by Crippen LogP contribution is 2.15. The largest absolute Gasteiger partial charge is 0.491 e. The van der Waals surface area contributed by atoms with Gasteiger partial charge in [-0.05, 0) is 24.6 Å². The molecular formula is C13H21NO3. The van der Waals surface area contributed by atoms with Crippen molar-refractivity contribution in [3.8, 4) is 5.75 Å². The number of ether oxygens (including phenoxy) is 3. The molecule has 17 heavy (non-hydrogen) atoms. The third-order valence-electron chi connectivity index (χ3n) is 2.33. The molecule has 2 N–H and O–H groups in total. The van der Waals surface area contributed by atoms with Crippen molar-refractivity contribution in [2.75, 3.05) is 33.5 Å². The third kappa shape index (κ3) is 5.68. The summed E-state index contributed by atoms with van der Waals surface area (Å²) >= 11 is 0. The second kappa shape index (κ2) is 8.06. The fraction of sp³-hybridized carbons (Fsp3) is 0.538. The van der Waals surface area contributed by atoms with Gasteiger partial charge in [-0.3, -0.25) is 0 Å². The van der Waals surface area contributed by atoms with E-state index in [1.165, 1.54) is 0 Å². The standard InChI is InChI=1S/C13H21NO3/c1-11(14)12-3-5-13(6-4-12)17-10-9-16-8-7-15-2/h3-6,11H,7-10,14H2,1-2H3/t11-/m1/s1. The monoisotopic (exact) mass is 239 g/mol. The number of rotatable bonds is 8. The topological polar surface area (TPSA) is 53.7 Å². The Morgan fingerprint density at radius 3 is 2.29 bits per heavy atom. The third-order valence-corrected chi connectivity index (χ3v) is 2.33. The van der Waals surface area contributed by atoms with Gasteiger partial charge in [0.15, 0.2) is 0 Å². The van der Waals surface area contributed by atoms with Crippen LogP contribution in [0.2, 0.25) is 0 Å². The van der Waals surface area contributed by atoms with Gasteiger partial charge in [-0.2, -0.15) is 0 Å². The van der Waals surface area contributed by atoms with Crippen LogP contribution in [-0.4, -0.2) is 33.5 Å². The molecule has 1 aromatic carbocycles. The Morgan fingerprint density at radius 1 is 1.06 bits per heavy atom. The van der Waals surface area contributed by atoms with Gasteiger partial charge in [-0.15, -0.1) is 0 Å². The molecule has 0 saturated carbocycles. The molecule has 4 nitrogen and oxygen atoms in total. The van der Waals surface area contributed by atoms with Gasteiger partial charge in [0.05, 0.1) is 19.8 Å². The minimum absolute atomic E-state index is 0.0569. The van der Waals surface area contributed by atoms with E-state index < -0.39 is 0 Å². The van der Waals surface area contributed by atoms with E-state index in [-0.39, 0.29) is 6.04 Å². The predicted molar refractivity (Wildman–Crippen MR) is 67.2 cm³/mol. The molecule has 0 radical (unpaired) electrons. The molecule has 0 unspecified atom stereocenters. The van der Waals surface area contributed by atoms with E-state index in [0.29, 0.717) is 26.4 Å². The van der Waals surface area contributed by atoms with Gasteiger partial charge in [0.2, 0.25) is 0 Å². The Bertz CT molecular complexity index is 298. The molecule has 0 amide bonds. The molecule has 0 saturated heterocycles. The Balaban J connectivity index is 2.19. The molecule has 96 valence electrons. The van der Waals surface area contributed by atoms with E-state index in [1.54, 1.807) is 7.11 Å². The first-order valence-corrected chi connectivity index (χ1v) is 5.79. The van der Waals surface area contributed by atoms with Crippen LogP contribution in [0, 0.1) is 0 Å². The average Bonchev–Trinajstić information content (AvgIpc) is 2.34. The van der Waals surface area contributed by atoms with Crippen LogP contribution in [0.5, 0.6) is 5.75 Å². The van der Waals surface area contributed by atoms with Crippen LogP contribution in [0.1, 0.15) is 18.5 Å². The van der Waals surface area contributed by atoms with Crippen molar-refractivity contribution in [3.05, 3.63) is 29.8 Å². The maximum Gasteiger partial charge on any atom is 0.119 e. The predicted octanol–water partition coefficient (Wildman–Crippen LogP) is 1.75. The molecule has 0 aliphatic rings. The number of nitrogens with two attached hydrogens (primary N) is 1. The minimum atomic E-state index is 0.0569. The van der Waals surface area contributed by atoms with Gasteiger partial charge in [0.1, 0.15) is 12.4 Å². The maximum atomic E-state index is 5.76. The van der Waals surface area contributed by atoms with Crippen molar-refractivity contribution in [2.24, 2.45) is 5.73 Å². The zero-order chi connectivity index (χ0) is 12.5. The van der Waals surface area contributed by atoms with Gasteiger partial charge >= 0.3 is 0 Å². The Kier molecular flexibility index (Phi) is 6.62. The maximum absolute atomic E-state index is 5.76. The lowest BCUT2D eigenvalue weighted by atomic mass is 10.1. The van der Waals surface area contributed by atoms with Crippen molar-refractivity contribution in [1.82, 2.24) is 0 Å². The van der Waals surface area contributed by atoms with Crippen LogP contribution in [0.4, 0.5) is 0 Å². The summed E-state index contributed by atoms with van der Waals surface area (Å²) in [6, 6.07) is 7.86. The van der Waals surface area contributed by atoms with Crippen LogP contribution >= 0.6 is 0 Å². The van der Waals surface area contributed by atoms with Gasteiger partial charge in [-0.1, -0.05) is 12.1 Å². The summed E-state index contributed by atoms with van der Waals surface area (Å²) in [6.45, 7) is 4.28. The quantitative estimate of drug-likeness (QED) is 0.702. The first-order valence-electron chi connectivity index (χ1n) is 5.79. The number of methoxy groups -OCH3 is 1. The molecule has 0 spiro atoms. The van der Waals surface area contributed by atoms with Gasteiger partial charge in [0, 0.05) is 13.2 Å². The first kappa shape index (κ1) is 14.0. The summed E-state index contributed by atoms with van der Waals surface area (Å²) in [5, 5.41) is 0. The fourth-order valence-corrected chi connectivity index (χ4v) is 1.33. The highest BCUT2D eigenvalue weighted by molar-refractivity contribution is 5.28. The van der Waals surface area contributed by atoms with Crippen molar-refractivity contribution >= 4 is 0 Å². The summed E-state index contributed by atoms with van der Waals surface area (Å²) in [7, 11) is 1.65.